The number of anilines is 1. The van der Waals surface area contributed by atoms with Crippen molar-refractivity contribution >= 4 is 17.7 Å². The number of nitrogens with zero attached hydrogens (tertiary/aromatic N) is 3. The summed E-state index contributed by atoms with van der Waals surface area (Å²) in [6.45, 7) is 3.47. The molecule has 0 saturated carbocycles. The number of carbonyl (C=O) groups excluding carboxylic acids is 2. The molecule has 152 valence electrons. The molecule has 0 bridgehead atoms. The number of benzene rings is 1. The van der Waals surface area contributed by atoms with E-state index in [4.69, 9.17) is 15.0 Å². The number of amides is 1. The minimum atomic E-state index is -1.05. The molecule has 3 rings (SSSR count). The Balaban J connectivity index is 1.75. The van der Waals surface area contributed by atoms with E-state index >= 15 is 0 Å². The first-order chi connectivity index (χ1) is 13.8. The van der Waals surface area contributed by atoms with E-state index in [0.29, 0.717) is 29.4 Å². The molecule has 29 heavy (non-hydrogen) atoms. The first-order valence-electron chi connectivity index (χ1n) is 8.75. The molecule has 2 aromatic heterocycles. The van der Waals surface area contributed by atoms with Gasteiger partial charge in [-0.2, -0.15) is 5.10 Å². The monoisotopic (exact) mass is 401 g/mol. The van der Waals surface area contributed by atoms with Crippen LogP contribution in [0.4, 0.5) is 10.2 Å². The Morgan fingerprint density at radius 3 is 2.69 bits per heavy atom. The van der Waals surface area contributed by atoms with Gasteiger partial charge >= 0.3 is 5.97 Å². The van der Waals surface area contributed by atoms with Crippen LogP contribution in [-0.2, 0) is 23.1 Å². The fraction of sp³-hybridized carbons (Fsp3) is 0.263. The minimum Gasteiger partial charge on any atom is -0.448 e. The number of nitrogens with one attached hydrogen (secondary N) is 1. The first kappa shape index (κ1) is 20.1. The van der Waals surface area contributed by atoms with Crippen LogP contribution in [0.1, 0.15) is 28.7 Å². The Hall–Kier alpha value is -3.69. The molecular formula is C19H20FN5O4. The van der Waals surface area contributed by atoms with Gasteiger partial charge in [0.1, 0.15) is 28.8 Å². The smallest absolute Gasteiger partial charge is 0.357 e. The van der Waals surface area contributed by atoms with Crippen LogP contribution >= 0.6 is 0 Å². The molecule has 3 aromatic rings. The molecule has 1 unspecified atom stereocenters. The molecule has 0 aliphatic heterocycles. The maximum absolute atomic E-state index is 13.2. The lowest BCUT2D eigenvalue weighted by Crippen LogP contribution is -2.31. The average Bonchev–Trinajstić information content (AvgIpc) is 3.23. The summed E-state index contributed by atoms with van der Waals surface area (Å²) in [6.07, 6.45) is -1.05. The zero-order valence-corrected chi connectivity index (χ0v) is 16.1. The number of carbonyl (C=O) groups is 2. The van der Waals surface area contributed by atoms with E-state index in [1.54, 1.807) is 26.1 Å². The molecule has 9 nitrogen and oxygen atoms in total. The van der Waals surface area contributed by atoms with E-state index in [1.807, 2.05) is 0 Å². The lowest BCUT2D eigenvalue weighted by molar-refractivity contribution is -0.125. The van der Waals surface area contributed by atoms with Crippen molar-refractivity contribution < 1.29 is 23.2 Å². The SMILES string of the molecule is Cc1onc(-c2ccc(F)cc2)c1CNc1cc(C(=O)OC(C)C(N)=O)n(C)n1. The summed E-state index contributed by atoms with van der Waals surface area (Å²) in [7, 11) is 1.57. The number of aromatic nitrogens is 3. The zero-order chi connectivity index (χ0) is 21.1. The van der Waals surface area contributed by atoms with Gasteiger partial charge in [-0.3, -0.25) is 9.48 Å². The Bertz CT molecular complexity index is 1040. The Morgan fingerprint density at radius 1 is 1.34 bits per heavy atom. The second-order valence-corrected chi connectivity index (χ2v) is 6.41. The van der Waals surface area contributed by atoms with Gasteiger partial charge in [0.05, 0.1) is 0 Å². The largest absolute Gasteiger partial charge is 0.448 e. The molecule has 0 aliphatic rings. The number of halogens is 1. The van der Waals surface area contributed by atoms with Crippen molar-refractivity contribution in [2.24, 2.45) is 12.8 Å². The quantitative estimate of drug-likeness (QED) is 0.581. The number of esters is 1. The number of hydrogen-bond donors (Lipinski definition) is 2. The molecule has 3 N–H and O–H groups in total. The predicted molar refractivity (Wildman–Crippen MR) is 101 cm³/mol. The number of nitrogens with two attached hydrogens (primary N) is 1. The molecule has 0 aliphatic carbocycles. The number of hydrogen-bond acceptors (Lipinski definition) is 7. The van der Waals surface area contributed by atoms with Crippen LogP contribution in [0.15, 0.2) is 34.9 Å². The third kappa shape index (κ3) is 4.42. The fourth-order valence-electron chi connectivity index (χ4n) is 2.64. The van der Waals surface area contributed by atoms with E-state index in [0.717, 1.165) is 5.56 Å². The highest BCUT2D eigenvalue weighted by molar-refractivity contribution is 5.91. The van der Waals surface area contributed by atoms with Gasteiger partial charge in [-0.05, 0) is 38.1 Å². The third-order valence-electron chi connectivity index (χ3n) is 4.32. The maximum Gasteiger partial charge on any atom is 0.357 e. The van der Waals surface area contributed by atoms with Crippen LogP contribution in [0.5, 0.6) is 0 Å². The topological polar surface area (TPSA) is 125 Å². The highest BCUT2D eigenvalue weighted by Gasteiger charge is 2.21. The number of primary amides is 1. The highest BCUT2D eigenvalue weighted by Crippen LogP contribution is 2.26. The minimum absolute atomic E-state index is 0.154. The second-order valence-electron chi connectivity index (χ2n) is 6.41. The maximum atomic E-state index is 13.2. The van der Waals surface area contributed by atoms with Crippen molar-refractivity contribution in [2.75, 3.05) is 5.32 Å². The summed E-state index contributed by atoms with van der Waals surface area (Å²) >= 11 is 0. The lowest BCUT2D eigenvalue weighted by atomic mass is 10.1. The summed E-state index contributed by atoms with van der Waals surface area (Å²) in [4.78, 5) is 23.2. The van der Waals surface area contributed by atoms with E-state index in [2.05, 4.69) is 15.6 Å². The molecule has 1 atom stereocenters. The van der Waals surface area contributed by atoms with E-state index in [1.165, 1.54) is 29.8 Å². The number of ether oxygens (including phenoxy) is 1. The first-order valence-corrected chi connectivity index (χ1v) is 8.75. The average molecular weight is 401 g/mol. The third-order valence-corrected chi connectivity index (χ3v) is 4.32. The van der Waals surface area contributed by atoms with E-state index in [9.17, 15) is 14.0 Å². The van der Waals surface area contributed by atoms with Gasteiger partial charge < -0.3 is 20.3 Å². The predicted octanol–water partition coefficient (Wildman–Crippen LogP) is 2.17. The summed E-state index contributed by atoms with van der Waals surface area (Å²) in [5.74, 6) is -0.783. The van der Waals surface area contributed by atoms with E-state index < -0.39 is 18.0 Å². The summed E-state index contributed by atoms with van der Waals surface area (Å²) in [5.41, 5.74) is 7.33. The van der Waals surface area contributed by atoms with Crippen molar-refractivity contribution in [3.63, 3.8) is 0 Å². The van der Waals surface area contributed by atoms with Crippen molar-refractivity contribution in [1.29, 1.82) is 0 Å². The molecule has 2 heterocycles. The zero-order valence-electron chi connectivity index (χ0n) is 16.1. The molecule has 1 amide bonds. The Morgan fingerprint density at radius 2 is 2.03 bits per heavy atom. The molecule has 0 saturated heterocycles. The van der Waals surface area contributed by atoms with Crippen LogP contribution in [0.3, 0.4) is 0 Å². The van der Waals surface area contributed by atoms with Crippen LogP contribution < -0.4 is 11.1 Å². The Kier molecular flexibility index (Phi) is 5.62. The van der Waals surface area contributed by atoms with Gasteiger partial charge in [-0.1, -0.05) is 5.16 Å². The van der Waals surface area contributed by atoms with Crippen LogP contribution in [0, 0.1) is 12.7 Å². The fourth-order valence-corrected chi connectivity index (χ4v) is 2.64. The molecule has 1 aromatic carbocycles. The van der Waals surface area contributed by atoms with Gasteiger partial charge in [0.25, 0.3) is 5.91 Å². The Labute approximate surface area is 165 Å². The molecular weight excluding hydrogens is 381 g/mol. The summed E-state index contributed by atoms with van der Waals surface area (Å²) in [6, 6.07) is 7.42. The van der Waals surface area contributed by atoms with Crippen molar-refractivity contribution in [1.82, 2.24) is 14.9 Å². The van der Waals surface area contributed by atoms with Crippen molar-refractivity contribution in [2.45, 2.75) is 26.5 Å². The molecule has 0 spiro atoms. The standard InChI is InChI=1S/C19H20FN5O4/c1-10-14(17(24-29-10)12-4-6-13(20)7-5-12)9-22-16-8-15(25(3)23-16)19(27)28-11(2)18(21)26/h4-8,11H,9H2,1-3H3,(H2,21,26)(H,22,23). The summed E-state index contributed by atoms with van der Waals surface area (Å²) in [5, 5.41) is 11.4. The van der Waals surface area contributed by atoms with Gasteiger partial charge in [0.2, 0.25) is 0 Å². The molecule has 0 radical (unpaired) electrons. The van der Waals surface area contributed by atoms with Gasteiger partial charge in [-0.15, -0.1) is 0 Å². The van der Waals surface area contributed by atoms with Crippen LogP contribution in [-0.4, -0.2) is 32.9 Å². The number of aryl methyl sites for hydroxylation is 2. The van der Waals surface area contributed by atoms with Gasteiger partial charge in [-0.25, -0.2) is 9.18 Å². The summed E-state index contributed by atoms with van der Waals surface area (Å²) < 4.78 is 24.8. The van der Waals surface area contributed by atoms with Gasteiger partial charge in [0.15, 0.2) is 6.10 Å². The van der Waals surface area contributed by atoms with Crippen molar-refractivity contribution in [3.8, 4) is 11.3 Å². The van der Waals surface area contributed by atoms with E-state index in [-0.39, 0.29) is 11.5 Å². The van der Waals surface area contributed by atoms with Crippen molar-refractivity contribution in [3.05, 3.63) is 53.2 Å². The second kappa shape index (κ2) is 8.13. The molecule has 10 heteroatoms. The highest BCUT2D eigenvalue weighted by atomic mass is 19.1. The molecule has 0 fully saturated rings. The normalized spacial score (nSPS) is 11.9. The lowest BCUT2D eigenvalue weighted by Gasteiger charge is -2.08. The van der Waals surface area contributed by atoms with Crippen LogP contribution in [0.2, 0.25) is 0 Å². The van der Waals surface area contributed by atoms with Crippen LogP contribution in [0.25, 0.3) is 11.3 Å². The van der Waals surface area contributed by atoms with Gasteiger partial charge in [0, 0.05) is 30.8 Å². The number of rotatable bonds is 7.